The van der Waals surface area contributed by atoms with Crippen LogP contribution in [0, 0.1) is 12.8 Å². The molecule has 1 saturated heterocycles. The summed E-state index contributed by atoms with van der Waals surface area (Å²) in [6.07, 6.45) is 3.06. The second-order valence-electron chi connectivity index (χ2n) is 7.20. The highest BCUT2D eigenvalue weighted by atomic mass is 35.5. The van der Waals surface area contributed by atoms with Crippen molar-refractivity contribution in [2.75, 3.05) is 13.1 Å². The number of rotatable bonds is 5. The van der Waals surface area contributed by atoms with Crippen molar-refractivity contribution in [1.29, 1.82) is 0 Å². The van der Waals surface area contributed by atoms with E-state index in [-0.39, 0.29) is 30.5 Å². The van der Waals surface area contributed by atoms with Crippen LogP contribution in [0.2, 0.25) is 0 Å². The first-order valence-corrected chi connectivity index (χ1v) is 9.58. The number of pyridine rings is 1. The third kappa shape index (κ3) is 5.47. The third-order valence-corrected chi connectivity index (χ3v) is 5.11. The number of aryl methyl sites for hydroxylation is 1. The molecular formula is C21H27Cl2N5O. The van der Waals surface area contributed by atoms with Crippen molar-refractivity contribution in [2.24, 2.45) is 5.92 Å². The first kappa shape index (κ1) is 23.1. The molecule has 1 aromatic carbocycles. The Morgan fingerprint density at radius 1 is 1.03 bits per heavy atom. The van der Waals surface area contributed by atoms with Crippen LogP contribution < -0.4 is 11.0 Å². The van der Waals surface area contributed by atoms with Gasteiger partial charge in [0.05, 0.1) is 17.9 Å². The monoisotopic (exact) mass is 435 g/mol. The summed E-state index contributed by atoms with van der Waals surface area (Å²) in [4.78, 5) is 17.7. The SMILES string of the molecule is Cc1cccc(Cn2nc(CC3CCNCC3)n(-c3ccccc3)c2=O)n1.Cl.Cl. The van der Waals surface area contributed by atoms with Gasteiger partial charge in [-0.25, -0.2) is 14.0 Å². The van der Waals surface area contributed by atoms with E-state index in [1.54, 1.807) is 9.25 Å². The summed E-state index contributed by atoms with van der Waals surface area (Å²) >= 11 is 0. The highest BCUT2D eigenvalue weighted by Gasteiger charge is 2.21. The van der Waals surface area contributed by atoms with Crippen LogP contribution in [0.3, 0.4) is 0 Å². The fourth-order valence-corrected chi connectivity index (χ4v) is 3.71. The maximum atomic E-state index is 13.1. The molecule has 29 heavy (non-hydrogen) atoms. The molecule has 0 atom stereocenters. The molecule has 0 unspecified atom stereocenters. The summed E-state index contributed by atoms with van der Waals surface area (Å²) in [5, 5.41) is 8.11. The first-order chi connectivity index (χ1) is 13.2. The van der Waals surface area contributed by atoms with Gasteiger partial charge in [-0.15, -0.1) is 24.8 Å². The summed E-state index contributed by atoms with van der Waals surface area (Å²) in [7, 11) is 0. The van der Waals surface area contributed by atoms with E-state index in [1.807, 2.05) is 55.5 Å². The fraction of sp³-hybridized carbons (Fsp3) is 0.381. The number of benzene rings is 1. The fourth-order valence-electron chi connectivity index (χ4n) is 3.71. The Morgan fingerprint density at radius 2 is 1.76 bits per heavy atom. The molecule has 1 fully saturated rings. The summed E-state index contributed by atoms with van der Waals surface area (Å²) in [6.45, 7) is 4.42. The molecule has 6 nitrogen and oxygen atoms in total. The molecule has 0 saturated carbocycles. The molecule has 2 aromatic heterocycles. The van der Waals surface area contributed by atoms with Gasteiger partial charge < -0.3 is 5.32 Å². The van der Waals surface area contributed by atoms with Crippen LogP contribution in [-0.2, 0) is 13.0 Å². The van der Waals surface area contributed by atoms with E-state index >= 15 is 0 Å². The van der Waals surface area contributed by atoms with Crippen molar-refractivity contribution in [3.63, 3.8) is 0 Å². The van der Waals surface area contributed by atoms with Crippen LogP contribution in [0.25, 0.3) is 5.69 Å². The van der Waals surface area contributed by atoms with Crippen molar-refractivity contribution < 1.29 is 0 Å². The standard InChI is InChI=1S/C21H25N5O.2ClH/c1-16-6-5-7-18(23-16)15-25-21(27)26(19-8-3-2-4-9-19)20(24-25)14-17-10-12-22-13-11-17;;/h2-9,17,22H,10-15H2,1H3;2*1H. The van der Waals surface area contributed by atoms with Crippen LogP contribution in [0.5, 0.6) is 0 Å². The van der Waals surface area contributed by atoms with Crippen molar-refractivity contribution >= 4 is 24.8 Å². The van der Waals surface area contributed by atoms with Crippen LogP contribution in [0.15, 0.2) is 53.3 Å². The van der Waals surface area contributed by atoms with Gasteiger partial charge in [-0.1, -0.05) is 24.3 Å². The number of nitrogens with zero attached hydrogens (tertiary/aromatic N) is 4. The normalized spacial score (nSPS) is 14.1. The van der Waals surface area contributed by atoms with Gasteiger partial charge in [0.2, 0.25) is 0 Å². The Morgan fingerprint density at radius 3 is 2.45 bits per heavy atom. The Kier molecular flexibility index (Phi) is 8.44. The molecule has 4 rings (SSSR count). The maximum Gasteiger partial charge on any atom is 0.350 e. The Bertz CT molecular complexity index is 965. The first-order valence-electron chi connectivity index (χ1n) is 9.58. The van der Waals surface area contributed by atoms with Crippen molar-refractivity contribution in [2.45, 2.75) is 32.7 Å². The van der Waals surface area contributed by atoms with Crippen LogP contribution in [-0.4, -0.2) is 32.4 Å². The van der Waals surface area contributed by atoms with Crippen molar-refractivity contribution in [3.05, 3.63) is 76.2 Å². The number of nitrogens with one attached hydrogen (secondary N) is 1. The predicted molar refractivity (Wildman–Crippen MR) is 120 cm³/mol. The number of aromatic nitrogens is 4. The van der Waals surface area contributed by atoms with Gasteiger partial charge in [-0.05, 0) is 63.0 Å². The van der Waals surface area contributed by atoms with Gasteiger partial charge in [-0.2, -0.15) is 5.10 Å². The molecule has 156 valence electrons. The molecule has 3 heterocycles. The van der Waals surface area contributed by atoms with Gasteiger partial charge in [0.15, 0.2) is 0 Å². The van der Waals surface area contributed by atoms with E-state index in [2.05, 4.69) is 10.3 Å². The Balaban J connectivity index is 0.00000150. The van der Waals surface area contributed by atoms with Gasteiger partial charge >= 0.3 is 5.69 Å². The second-order valence-corrected chi connectivity index (χ2v) is 7.20. The lowest BCUT2D eigenvalue weighted by Crippen LogP contribution is -2.29. The zero-order chi connectivity index (χ0) is 18.6. The number of halogens is 2. The molecule has 0 amide bonds. The molecule has 0 aliphatic carbocycles. The van der Waals surface area contributed by atoms with Crippen molar-refractivity contribution in [1.82, 2.24) is 24.6 Å². The van der Waals surface area contributed by atoms with Crippen LogP contribution in [0.4, 0.5) is 0 Å². The highest BCUT2D eigenvalue weighted by molar-refractivity contribution is 5.85. The lowest BCUT2D eigenvalue weighted by Gasteiger charge is -2.22. The molecule has 3 aromatic rings. The molecule has 0 bridgehead atoms. The zero-order valence-corrected chi connectivity index (χ0v) is 18.1. The number of hydrogen-bond donors (Lipinski definition) is 1. The summed E-state index contributed by atoms with van der Waals surface area (Å²) < 4.78 is 3.31. The lowest BCUT2D eigenvalue weighted by molar-refractivity contribution is 0.365. The van der Waals surface area contributed by atoms with E-state index in [1.165, 1.54) is 0 Å². The number of piperidine rings is 1. The smallest absolute Gasteiger partial charge is 0.317 e. The summed E-state index contributed by atoms with van der Waals surface area (Å²) in [5.41, 5.74) is 2.56. The van der Waals surface area contributed by atoms with E-state index in [9.17, 15) is 4.79 Å². The average Bonchev–Trinajstić information content (AvgIpc) is 2.98. The second kappa shape index (κ2) is 10.6. The minimum absolute atomic E-state index is 0. The van der Waals surface area contributed by atoms with Crippen LogP contribution >= 0.6 is 24.8 Å². The Labute approximate surface area is 183 Å². The Hall–Kier alpha value is -2.15. The quantitative estimate of drug-likeness (QED) is 0.668. The molecule has 1 aliphatic rings. The molecule has 8 heteroatoms. The maximum absolute atomic E-state index is 13.1. The van der Waals surface area contributed by atoms with E-state index < -0.39 is 0 Å². The van der Waals surface area contributed by atoms with E-state index in [4.69, 9.17) is 5.10 Å². The lowest BCUT2D eigenvalue weighted by atomic mass is 9.94. The van der Waals surface area contributed by atoms with Gasteiger partial charge in [-0.3, -0.25) is 4.98 Å². The van der Waals surface area contributed by atoms with E-state index in [0.717, 1.165) is 55.3 Å². The largest absolute Gasteiger partial charge is 0.350 e. The highest BCUT2D eigenvalue weighted by Crippen LogP contribution is 2.18. The minimum Gasteiger partial charge on any atom is -0.317 e. The van der Waals surface area contributed by atoms with Crippen LogP contribution in [0.1, 0.15) is 30.1 Å². The molecule has 0 radical (unpaired) electrons. The molecule has 0 spiro atoms. The van der Waals surface area contributed by atoms with Crippen molar-refractivity contribution in [3.8, 4) is 5.69 Å². The number of para-hydroxylation sites is 1. The molecular weight excluding hydrogens is 409 g/mol. The van der Waals surface area contributed by atoms with Gasteiger partial charge in [0, 0.05) is 12.1 Å². The number of hydrogen-bond acceptors (Lipinski definition) is 4. The topological polar surface area (TPSA) is 64.7 Å². The molecule has 1 N–H and O–H groups in total. The summed E-state index contributed by atoms with van der Waals surface area (Å²) in [5.74, 6) is 1.40. The third-order valence-electron chi connectivity index (χ3n) is 5.11. The predicted octanol–water partition coefficient (Wildman–Crippen LogP) is 3.17. The summed E-state index contributed by atoms with van der Waals surface area (Å²) in [6, 6.07) is 15.7. The zero-order valence-electron chi connectivity index (χ0n) is 16.5. The van der Waals surface area contributed by atoms with Gasteiger partial charge in [0.25, 0.3) is 0 Å². The minimum atomic E-state index is -0.103. The van der Waals surface area contributed by atoms with Gasteiger partial charge in [0.1, 0.15) is 5.82 Å². The van der Waals surface area contributed by atoms with E-state index in [0.29, 0.717) is 12.5 Å². The average molecular weight is 436 g/mol. The molecule has 1 aliphatic heterocycles.